The molecule has 7 nitrogen and oxygen atoms in total. The van der Waals surface area contributed by atoms with Gasteiger partial charge in [-0.2, -0.15) is 0 Å². The normalized spacial score (nSPS) is 14.8. The van der Waals surface area contributed by atoms with Crippen LogP contribution in [0.1, 0.15) is 5.56 Å². The van der Waals surface area contributed by atoms with Gasteiger partial charge < -0.3 is 14.7 Å². The Labute approximate surface area is 202 Å². The van der Waals surface area contributed by atoms with Crippen molar-refractivity contribution in [2.75, 3.05) is 30.0 Å². The number of carbonyl (C=O) groups is 2. The van der Waals surface area contributed by atoms with Crippen LogP contribution < -0.4 is 19.9 Å². The molecule has 0 radical (unpaired) electrons. The summed E-state index contributed by atoms with van der Waals surface area (Å²) >= 11 is 5.28. The molecule has 1 saturated heterocycles. The van der Waals surface area contributed by atoms with Crippen LogP contribution in [0.5, 0.6) is 11.5 Å². The number of likely N-dealkylation sites (N-methyl/N-ethyl adjacent to an activating group) is 1. The molecule has 1 aliphatic rings. The summed E-state index contributed by atoms with van der Waals surface area (Å²) in [7, 11) is 1.87. The highest BCUT2D eigenvalue weighted by molar-refractivity contribution is 7.80. The Morgan fingerprint density at radius 1 is 0.971 bits per heavy atom. The van der Waals surface area contributed by atoms with Crippen molar-refractivity contribution in [1.29, 1.82) is 0 Å². The highest BCUT2D eigenvalue weighted by Crippen LogP contribution is 2.27. The van der Waals surface area contributed by atoms with Gasteiger partial charge in [-0.1, -0.05) is 30.3 Å². The average Bonchev–Trinajstić information content (AvgIpc) is 2.84. The summed E-state index contributed by atoms with van der Waals surface area (Å²) in [6, 6.07) is 23.6. The summed E-state index contributed by atoms with van der Waals surface area (Å²) in [5.41, 5.74) is 2.10. The van der Waals surface area contributed by atoms with Crippen molar-refractivity contribution < 1.29 is 19.4 Å². The fraction of sp³-hybridized carbons (Fsp3) is 0.115. The lowest BCUT2D eigenvalue weighted by molar-refractivity contribution is -0.122. The van der Waals surface area contributed by atoms with E-state index in [1.54, 1.807) is 24.3 Å². The van der Waals surface area contributed by atoms with Gasteiger partial charge in [0, 0.05) is 19.3 Å². The second kappa shape index (κ2) is 10.3. The van der Waals surface area contributed by atoms with Gasteiger partial charge in [0.2, 0.25) is 0 Å². The Hall–Kier alpha value is -4.01. The maximum absolute atomic E-state index is 13.2. The van der Waals surface area contributed by atoms with E-state index in [0.717, 1.165) is 5.69 Å². The van der Waals surface area contributed by atoms with Crippen LogP contribution >= 0.6 is 12.2 Å². The molecule has 0 aromatic heterocycles. The third kappa shape index (κ3) is 5.14. The van der Waals surface area contributed by atoms with Gasteiger partial charge in [-0.3, -0.25) is 19.8 Å². The smallest absolute Gasteiger partial charge is 0.270 e. The highest BCUT2D eigenvalue weighted by Gasteiger charge is 2.34. The summed E-state index contributed by atoms with van der Waals surface area (Å²) in [5, 5.41) is 11.7. The first-order valence-corrected chi connectivity index (χ1v) is 11.0. The Kier molecular flexibility index (Phi) is 7.01. The number of ether oxygens (including phenoxy) is 1. The first-order chi connectivity index (χ1) is 16.5. The zero-order chi connectivity index (χ0) is 24.1. The standard InChI is InChI=1S/C26H23N3O4S/c1-28(15-16-30)19-9-7-18(8-10-19)17-23-24(31)27-26(34)29(25(23)32)20-11-13-22(14-12-20)33-21-5-3-2-4-6-21/h2-14,17,30H,15-16H2,1H3,(H,27,31,34). The largest absolute Gasteiger partial charge is 0.457 e. The maximum Gasteiger partial charge on any atom is 0.270 e. The molecule has 0 spiro atoms. The van der Waals surface area contributed by atoms with Crippen LogP contribution in [0.4, 0.5) is 11.4 Å². The Balaban J connectivity index is 1.55. The van der Waals surface area contributed by atoms with Gasteiger partial charge in [0.1, 0.15) is 17.1 Å². The number of anilines is 2. The summed E-state index contributed by atoms with van der Waals surface area (Å²) in [4.78, 5) is 29.0. The number of aliphatic hydroxyl groups excluding tert-OH is 1. The molecule has 0 atom stereocenters. The fourth-order valence-corrected chi connectivity index (χ4v) is 3.73. The SMILES string of the molecule is CN(CCO)c1ccc(C=C2C(=O)NC(=S)N(c3ccc(Oc4ccccc4)cc3)C2=O)cc1. The number of thiocarbonyl (C=S) groups is 1. The average molecular weight is 474 g/mol. The molecule has 0 saturated carbocycles. The number of nitrogens with one attached hydrogen (secondary N) is 1. The number of benzene rings is 3. The van der Waals surface area contributed by atoms with E-state index in [1.165, 1.54) is 11.0 Å². The van der Waals surface area contributed by atoms with Crippen LogP contribution in [0.15, 0.2) is 84.4 Å². The van der Waals surface area contributed by atoms with Gasteiger partial charge in [-0.25, -0.2) is 0 Å². The Morgan fingerprint density at radius 3 is 2.26 bits per heavy atom. The number of aliphatic hydroxyl groups is 1. The van der Waals surface area contributed by atoms with Crippen LogP contribution in [0.3, 0.4) is 0 Å². The van der Waals surface area contributed by atoms with Crippen molar-refractivity contribution >= 4 is 46.6 Å². The number of carbonyl (C=O) groups excluding carboxylic acids is 2. The lowest BCUT2D eigenvalue weighted by atomic mass is 10.1. The van der Waals surface area contributed by atoms with Gasteiger partial charge >= 0.3 is 0 Å². The summed E-state index contributed by atoms with van der Waals surface area (Å²) < 4.78 is 5.80. The molecule has 2 N–H and O–H groups in total. The molecule has 4 rings (SSSR count). The van der Waals surface area contributed by atoms with Gasteiger partial charge in [0.25, 0.3) is 11.8 Å². The van der Waals surface area contributed by atoms with Crippen molar-refractivity contribution in [2.45, 2.75) is 0 Å². The lowest BCUT2D eigenvalue weighted by Gasteiger charge is -2.29. The van der Waals surface area contributed by atoms with E-state index in [-0.39, 0.29) is 17.3 Å². The van der Waals surface area contributed by atoms with Crippen LogP contribution in [0.2, 0.25) is 0 Å². The van der Waals surface area contributed by atoms with E-state index in [4.69, 9.17) is 22.1 Å². The molecular formula is C26H23N3O4S. The molecule has 0 unspecified atom stereocenters. The zero-order valence-electron chi connectivity index (χ0n) is 18.5. The molecule has 8 heteroatoms. The van der Waals surface area contributed by atoms with E-state index < -0.39 is 11.8 Å². The quantitative estimate of drug-likeness (QED) is 0.309. The predicted octanol–water partition coefficient (Wildman–Crippen LogP) is 3.74. The van der Waals surface area contributed by atoms with Crippen molar-refractivity contribution in [3.63, 3.8) is 0 Å². The third-order valence-corrected chi connectivity index (χ3v) is 5.54. The number of hydrogen-bond acceptors (Lipinski definition) is 6. The summed E-state index contributed by atoms with van der Waals surface area (Å²) in [5.74, 6) is 0.256. The molecule has 172 valence electrons. The Morgan fingerprint density at radius 2 is 1.62 bits per heavy atom. The molecule has 34 heavy (non-hydrogen) atoms. The number of hydrogen-bond donors (Lipinski definition) is 2. The van der Waals surface area contributed by atoms with Crippen molar-refractivity contribution in [3.05, 3.63) is 90.0 Å². The fourth-order valence-electron chi connectivity index (χ4n) is 3.45. The molecular weight excluding hydrogens is 450 g/mol. The minimum atomic E-state index is -0.545. The molecule has 3 aromatic carbocycles. The molecule has 2 amide bonds. The van der Waals surface area contributed by atoms with E-state index in [9.17, 15) is 9.59 Å². The first-order valence-electron chi connectivity index (χ1n) is 10.6. The van der Waals surface area contributed by atoms with Crippen molar-refractivity contribution in [1.82, 2.24) is 5.32 Å². The maximum atomic E-state index is 13.2. The second-order valence-electron chi connectivity index (χ2n) is 7.60. The van der Waals surface area contributed by atoms with Crippen LogP contribution in [0.25, 0.3) is 6.08 Å². The molecule has 3 aromatic rings. The minimum absolute atomic E-state index is 0.0184. The van der Waals surface area contributed by atoms with Gasteiger partial charge in [0.15, 0.2) is 5.11 Å². The monoisotopic (exact) mass is 473 g/mol. The lowest BCUT2D eigenvalue weighted by Crippen LogP contribution is -2.54. The number of amides is 2. The number of rotatable bonds is 7. The van der Waals surface area contributed by atoms with Crippen LogP contribution in [-0.2, 0) is 9.59 Å². The number of nitrogens with zero attached hydrogens (tertiary/aromatic N) is 2. The third-order valence-electron chi connectivity index (χ3n) is 5.26. The van der Waals surface area contributed by atoms with E-state index >= 15 is 0 Å². The zero-order valence-corrected chi connectivity index (χ0v) is 19.3. The van der Waals surface area contributed by atoms with Crippen molar-refractivity contribution in [2.24, 2.45) is 0 Å². The highest BCUT2D eigenvalue weighted by atomic mass is 32.1. The summed E-state index contributed by atoms with van der Waals surface area (Å²) in [6.07, 6.45) is 1.54. The van der Waals surface area contributed by atoms with Crippen molar-refractivity contribution in [3.8, 4) is 11.5 Å². The molecule has 0 bridgehead atoms. The minimum Gasteiger partial charge on any atom is -0.457 e. The van der Waals surface area contributed by atoms with Gasteiger partial charge in [-0.15, -0.1) is 0 Å². The molecule has 1 aliphatic heterocycles. The van der Waals surface area contributed by atoms with E-state index in [2.05, 4.69) is 5.32 Å². The first kappa shape index (κ1) is 23.2. The van der Waals surface area contributed by atoms with Gasteiger partial charge in [0.05, 0.1) is 12.3 Å². The number of para-hydroxylation sites is 1. The molecule has 0 aliphatic carbocycles. The summed E-state index contributed by atoms with van der Waals surface area (Å²) in [6.45, 7) is 0.551. The van der Waals surface area contributed by atoms with E-state index in [1.807, 2.05) is 66.5 Å². The molecule has 1 fully saturated rings. The van der Waals surface area contributed by atoms with Crippen LogP contribution in [0, 0.1) is 0 Å². The molecule has 1 heterocycles. The topological polar surface area (TPSA) is 82.1 Å². The van der Waals surface area contributed by atoms with Crippen LogP contribution in [-0.4, -0.2) is 42.2 Å². The van der Waals surface area contributed by atoms with E-state index in [0.29, 0.717) is 29.3 Å². The second-order valence-corrected chi connectivity index (χ2v) is 7.99. The predicted molar refractivity (Wildman–Crippen MR) is 136 cm³/mol. The Bertz CT molecular complexity index is 1230. The van der Waals surface area contributed by atoms with Gasteiger partial charge in [-0.05, 0) is 72.4 Å².